The van der Waals surface area contributed by atoms with Crippen LogP contribution in [0.2, 0.25) is 0 Å². The number of carbonyl (C=O) groups excluding carboxylic acids is 2. The fraction of sp³-hybridized carbons (Fsp3) is 0.750. The Morgan fingerprint density at radius 3 is 2.44 bits per heavy atom. The molecule has 4 aliphatic rings. The molecule has 7 nitrogen and oxygen atoms in total. The number of aliphatic hydroxyl groups is 3. The van der Waals surface area contributed by atoms with E-state index in [1.807, 2.05) is 6.07 Å². The number of fused-ring (bicyclic) bond motifs is 5. The molecule has 0 spiro atoms. The van der Waals surface area contributed by atoms with Crippen molar-refractivity contribution >= 4 is 23.2 Å². The van der Waals surface area contributed by atoms with Crippen LogP contribution in [0.1, 0.15) is 85.5 Å². The maximum absolute atomic E-state index is 12.8. The molecule has 0 heterocycles. The summed E-state index contributed by atoms with van der Waals surface area (Å²) in [6.45, 7) is 8.30. The third-order valence-electron chi connectivity index (χ3n) is 11.8. The summed E-state index contributed by atoms with van der Waals surface area (Å²) in [7, 11) is 0. The first-order valence-corrected chi connectivity index (χ1v) is 15.1. The molecule has 0 aliphatic heterocycles. The van der Waals surface area contributed by atoms with Crippen LogP contribution in [0.3, 0.4) is 0 Å². The molecule has 0 aromatic heterocycles. The van der Waals surface area contributed by atoms with Crippen LogP contribution in [0.15, 0.2) is 24.3 Å². The number of aliphatic hydroxyl groups excluding tert-OH is 3. The molecule has 39 heavy (non-hydrogen) atoms. The quantitative estimate of drug-likeness (QED) is 0.349. The maximum Gasteiger partial charge on any atom is 0.224 e. The predicted octanol–water partition coefficient (Wildman–Crippen LogP) is 4.96. The van der Waals surface area contributed by atoms with Crippen molar-refractivity contribution in [3.63, 3.8) is 0 Å². The maximum atomic E-state index is 12.8. The van der Waals surface area contributed by atoms with Crippen molar-refractivity contribution in [3.8, 4) is 0 Å². The van der Waals surface area contributed by atoms with E-state index < -0.39 is 6.10 Å². The van der Waals surface area contributed by atoms with Crippen molar-refractivity contribution in [2.75, 3.05) is 10.6 Å². The SMILES string of the molecule is CC(=O)Nc1cccc(NC(=O)CC[C@@H](C)[C@@H]2CC[C@@H]3[C@@H]4[C@H](O)C[C@H]5C[C@H](O)CC[C@]5(C)[C@@H]4C[C@H](O)[C@@]32C)c1. The first-order chi connectivity index (χ1) is 18.4. The van der Waals surface area contributed by atoms with E-state index in [0.29, 0.717) is 35.5 Å². The highest BCUT2D eigenvalue weighted by atomic mass is 16.3. The van der Waals surface area contributed by atoms with E-state index in [9.17, 15) is 24.9 Å². The van der Waals surface area contributed by atoms with Crippen LogP contribution >= 0.6 is 0 Å². The average molecular weight is 541 g/mol. The molecule has 1 aromatic carbocycles. The van der Waals surface area contributed by atoms with Crippen LogP contribution in [0, 0.1) is 46.3 Å². The Bertz CT molecular complexity index is 1080. The first kappa shape index (κ1) is 28.6. The van der Waals surface area contributed by atoms with Gasteiger partial charge in [0.1, 0.15) is 0 Å². The first-order valence-electron chi connectivity index (χ1n) is 15.1. The van der Waals surface area contributed by atoms with E-state index in [4.69, 9.17) is 0 Å². The highest BCUT2D eigenvalue weighted by Gasteiger charge is 2.65. The summed E-state index contributed by atoms with van der Waals surface area (Å²) < 4.78 is 0. The second-order valence-corrected chi connectivity index (χ2v) is 13.9. The molecule has 0 bridgehead atoms. The monoisotopic (exact) mass is 540 g/mol. The molecule has 1 aromatic rings. The van der Waals surface area contributed by atoms with Crippen LogP contribution in [-0.2, 0) is 9.59 Å². The zero-order chi connectivity index (χ0) is 28.1. The Kier molecular flexibility index (Phi) is 7.90. The van der Waals surface area contributed by atoms with Gasteiger partial charge in [0.05, 0.1) is 18.3 Å². The van der Waals surface area contributed by atoms with Crippen molar-refractivity contribution < 1.29 is 24.9 Å². The molecule has 2 amide bonds. The summed E-state index contributed by atoms with van der Waals surface area (Å²) in [5.41, 5.74) is 1.12. The smallest absolute Gasteiger partial charge is 0.224 e. The number of anilines is 2. The Labute approximate surface area is 233 Å². The zero-order valence-corrected chi connectivity index (χ0v) is 24.0. The van der Waals surface area contributed by atoms with Gasteiger partial charge >= 0.3 is 0 Å². The Morgan fingerprint density at radius 2 is 1.72 bits per heavy atom. The van der Waals surface area contributed by atoms with Crippen molar-refractivity contribution in [1.29, 1.82) is 0 Å². The normalized spacial score (nSPS) is 42.0. The minimum atomic E-state index is -0.418. The summed E-state index contributed by atoms with van der Waals surface area (Å²) in [6, 6.07) is 7.17. The molecule has 5 N–H and O–H groups in total. The van der Waals surface area contributed by atoms with Crippen molar-refractivity contribution in [3.05, 3.63) is 24.3 Å². The van der Waals surface area contributed by atoms with Gasteiger partial charge in [-0.25, -0.2) is 0 Å². The second kappa shape index (κ2) is 10.8. The van der Waals surface area contributed by atoms with Gasteiger partial charge in [-0.3, -0.25) is 9.59 Å². The molecule has 11 atom stereocenters. The predicted molar refractivity (Wildman–Crippen MR) is 152 cm³/mol. The molecular formula is C32H48N2O5. The number of nitrogens with one attached hydrogen (secondary N) is 2. The Balaban J connectivity index is 1.24. The number of amides is 2. The van der Waals surface area contributed by atoms with E-state index in [2.05, 4.69) is 31.4 Å². The van der Waals surface area contributed by atoms with Gasteiger partial charge in [0.25, 0.3) is 0 Å². The Hall–Kier alpha value is -1.96. The van der Waals surface area contributed by atoms with E-state index in [1.165, 1.54) is 6.92 Å². The van der Waals surface area contributed by atoms with Gasteiger partial charge in [-0.05, 0) is 116 Å². The number of hydrogen-bond acceptors (Lipinski definition) is 5. The lowest BCUT2D eigenvalue weighted by atomic mass is 9.43. The fourth-order valence-electron chi connectivity index (χ4n) is 9.79. The van der Waals surface area contributed by atoms with Crippen LogP contribution in [0.4, 0.5) is 11.4 Å². The number of benzene rings is 1. The second-order valence-electron chi connectivity index (χ2n) is 13.9. The summed E-state index contributed by atoms with van der Waals surface area (Å²) in [6.07, 6.45) is 6.19. The van der Waals surface area contributed by atoms with E-state index in [1.54, 1.807) is 18.2 Å². The standard InChI is InChI=1S/C32H48N2O5/c1-18(8-11-29(39)34-22-7-5-6-21(16-22)33-19(2)35)24-9-10-25-30-26(17-28(38)32(24,25)4)31(3)13-12-23(36)14-20(31)15-27(30)37/h5-7,16,18,20,23-28,30,36-38H,8-15,17H2,1-4H3,(H,33,35)(H,34,39)/t18-,20-,23-,24+,25-,26-,27-,28+,30+,31+,32-/m1/s1. The molecule has 7 heteroatoms. The zero-order valence-electron chi connectivity index (χ0n) is 24.0. The van der Waals surface area contributed by atoms with Crippen molar-refractivity contribution in [2.24, 2.45) is 46.3 Å². The summed E-state index contributed by atoms with van der Waals surface area (Å²) in [5, 5.41) is 39.2. The molecule has 0 unspecified atom stereocenters. The highest BCUT2D eigenvalue weighted by molar-refractivity contribution is 5.93. The average Bonchev–Trinajstić information content (AvgIpc) is 3.22. The minimum Gasteiger partial charge on any atom is -0.393 e. The lowest BCUT2D eigenvalue weighted by Gasteiger charge is -2.63. The number of hydrogen-bond donors (Lipinski definition) is 5. The third-order valence-corrected chi connectivity index (χ3v) is 11.8. The molecule has 4 fully saturated rings. The van der Waals surface area contributed by atoms with Gasteiger partial charge < -0.3 is 26.0 Å². The van der Waals surface area contributed by atoms with Gasteiger partial charge in [-0.2, -0.15) is 0 Å². The molecule has 4 aliphatic carbocycles. The van der Waals surface area contributed by atoms with Gasteiger partial charge in [0.15, 0.2) is 0 Å². The largest absolute Gasteiger partial charge is 0.393 e. The van der Waals surface area contributed by atoms with Gasteiger partial charge in [0.2, 0.25) is 11.8 Å². The van der Waals surface area contributed by atoms with Crippen molar-refractivity contribution in [1.82, 2.24) is 0 Å². The highest BCUT2D eigenvalue weighted by Crippen LogP contribution is 2.68. The molecule has 0 saturated heterocycles. The number of carbonyl (C=O) groups is 2. The summed E-state index contributed by atoms with van der Waals surface area (Å²) in [4.78, 5) is 24.2. The van der Waals surface area contributed by atoms with Crippen LogP contribution in [0.5, 0.6) is 0 Å². The van der Waals surface area contributed by atoms with Gasteiger partial charge in [-0.15, -0.1) is 0 Å². The van der Waals surface area contributed by atoms with Crippen LogP contribution in [-0.4, -0.2) is 45.4 Å². The number of rotatable bonds is 6. The minimum absolute atomic E-state index is 0.0491. The van der Waals surface area contributed by atoms with Crippen molar-refractivity contribution in [2.45, 2.75) is 104 Å². The van der Waals surface area contributed by atoms with E-state index >= 15 is 0 Å². The molecule has 0 radical (unpaired) electrons. The van der Waals surface area contributed by atoms with E-state index in [0.717, 1.165) is 51.4 Å². The van der Waals surface area contributed by atoms with Crippen LogP contribution < -0.4 is 10.6 Å². The topological polar surface area (TPSA) is 119 Å². The lowest BCUT2D eigenvalue weighted by Crippen LogP contribution is -2.62. The summed E-state index contributed by atoms with van der Waals surface area (Å²) in [5.74, 6) is 1.47. The molecule has 4 saturated carbocycles. The molecule has 5 rings (SSSR count). The lowest BCUT2D eigenvalue weighted by molar-refractivity contribution is -0.207. The molecule has 216 valence electrons. The fourth-order valence-corrected chi connectivity index (χ4v) is 9.79. The third kappa shape index (κ3) is 5.15. The summed E-state index contributed by atoms with van der Waals surface area (Å²) >= 11 is 0. The van der Waals surface area contributed by atoms with Crippen LogP contribution in [0.25, 0.3) is 0 Å². The Morgan fingerprint density at radius 1 is 1.00 bits per heavy atom. The molecular weight excluding hydrogens is 492 g/mol. The van der Waals surface area contributed by atoms with Gasteiger partial charge in [-0.1, -0.05) is 26.8 Å². The van der Waals surface area contributed by atoms with E-state index in [-0.39, 0.29) is 52.6 Å². The van der Waals surface area contributed by atoms with Gasteiger partial charge in [0, 0.05) is 24.7 Å².